The molecule has 2 N–H and O–H groups in total. The van der Waals surface area contributed by atoms with Crippen molar-refractivity contribution in [2.75, 3.05) is 0 Å². The molecule has 0 saturated carbocycles. The zero-order valence-electron chi connectivity index (χ0n) is 16.9. The van der Waals surface area contributed by atoms with Gasteiger partial charge in [0.05, 0.1) is 0 Å². The van der Waals surface area contributed by atoms with E-state index >= 15 is 0 Å². The van der Waals surface area contributed by atoms with Crippen molar-refractivity contribution in [1.82, 2.24) is 0 Å². The summed E-state index contributed by atoms with van der Waals surface area (Å²) >= 11 is 1.30. The maximum Gasteiger partial charge on any atom is 0.141 e. The van der Waals surface area contributed by atoms with Gasteiger partial charge in [0.1, 0.15) is 9.87 Å². The van der Waals surface area contributed by atoms with E-state index in [0.717, 1.165) is 11.1 Å². The topological polar surface area (TPSA) is 40.5 Å². The molecule has 0 aliphatic heterocycles. The second-order valence-corrected chi connectivity index (χ2v) is 11.0. The van der Waals surface area contributed by atoms with Crippen LogP contribution in [0, 0.1) is 22.7 Å². The summed E-state index contributed by atoms with van der Waals surface area (Å²) in [6, 6.07) is 0. The second-order valence-electron chi connectivity index (χ2n) is 9.50. The predicted molar refractivity (Wildman–Crippen MR) is 109 cm³/mol. The van der Waals surface area contributed by atoms with Gasteiger partial charge in [-0.15, -0.1) is 0 Å². The molecule has 2 rings (SSSR count). The summed E-state index contributed by atoms with van der Waals surface area (Å²) in [5.41, 5.74) is 1.55. The molecule has 3 heteroatoms. The van der Waals surface area contributed by atoms with E-state index < -0.39 is 9.87 Å². The monoisotopic (exact) mass is 362 g/mol. The summed E-state index contributed by atoms with van der Waals surface area (Å²) in [5, 5.41) is 23.6. The molecule has 0 radical (unpaired) electrons. The molecule has 0 amide bonds. The lowest BCUT2D eigenvalue weighted by molar-refractivity contribution is 0.0816. The highest BCUT2D eigenvalue weighted by atomic mass is 32.2. The van der Waals surface area contributed by atoms with Crippen LogP contribution in [0.2, 0.25) is 0 Å². The lowest BCUT2D eigenvalue weighted by Crippen LogP contribution is -2.49. The van der Waals surface area contributed by atoms with Crippen molar-refractivity contribution in [3.05, 3.63) is 47.6 Å². The van der Waals surface area contributed by atoms with Crippen LogP contribution in [0.1, 0.15) is 55.4 Å². The van der Waals surface area contributed by atoms with Crippen LogP contribution in [-0.4, -0.2) is 20.1 Å². The minimum atomic E-state index is -1.15. The van der Waals surface area contributed by atoms with E-state index in [1.807, 2.05) is 50.3 Å². The Morgan fingerprint density at radius 3 is 1.36 bits per heavy atom. The first-order valence-corrected chi connectivity index (χ1v) is 9.98. The molecule has 0 heterocycles. The van der Waals surface area contributed by atoms with Gasteiger partial charge in [0.2, 0.25) is 0 Å². The van der Waals surface area contributed by atoms with Crippen LogP contribution in [0.4, 0.5) is 0 Å². The van der Waals surface area contributed by atoms with Gasteiger partial charge < -0.3 is 10.2 Å². The van der Waals surface area contributed by atoms with Crippen LogP contribution in [0.25, 0.3) is 0 Å². The lowest BCUT2D eigenvalue weighted by atomic mass is 9.76. The van der Waals surface area contributed by atoms with Crippen molar-refractivity contribution < 1.29 is 10.2 Å². The van der Waals surface area contributed by atoms with Crippen molar-refractivity contribution >= 4 is 11.8 Å². The zero-order valence-corrected chi connectivity index (χ0v) is 17.7. The number of aliphatic hydroxyl groups is 2. The molecule has 2 aliphatic rings. The van der Waals surface area contributed by atoms with E-state index in [9.17, 15) is 10.2 Å². The van der Waals surface area contributed by atoms with Crippen molar-refractivity contribution in [3.63, 3.8) is 0 Å². The molecule has 140 valence electrons. The Kier molecular flexibility index (Phi) is 5.29. The third-order valence-corrected chi connectivity index (χ3v) is 7.06. The SMILES string of the molecule is CC1C=CC=C(C(C)(C)C)C1(O)SC1(O)C(C(C)(C)C)=CC=CC1C. The van der Waals surface area contributed by atoms with E-state index in [2.05, 4.69) is 41.5 Å². The Hall–Kier alpha value is -0.770. The first kappa shape index (κ1) is 20.5. The van der Waals surface area contributed by atoms with Gasteiger partial charge in [-0.25, -0.2) is 0 Å². The molecule has 0 aromatic rings. The quantitative estimate of drug-likeness (QED) is 0.641. The molecule has 0 spiro atoms. The van der Waals surface area contributed by atoms with Gasteiger partial charge in [-0.1, -0.05) is 104 Å². The van der Waals surface area contributed by atoms with Crippen LogP contribution in [0.5, 0.6) is 0 Å². The van der Waals surface area contributed by atoms with E-state index in [0.29, 0.717) is 0 Å². The molecule has 0 fully saturated rings. The summed E-state index contributed by atoms with van der Waals surface area (Å²) < 4.78 is 0. The summed E-state index contributed by atoms with van der Waals surface area (Å²) in [4.78, 5) is -2.29. The molecule has 4 unspecified atom stereocenters. The molecule has 2 nitrogen and oxygen atoms in total. The maximum atomic E-state index is 11.8. The zero-order chi connectivity index (χ0) is 19.3. The molecule has 0 aromatic carbocycles. The van der Waals surface area contributed by atoms with Crippen LogP contribution >= 0.6 is 11.8 Å². The van der Waals surface area contributed by atoms with E-state index in [1.54, 1.807) is 0 Å². The fourth-order valence-corrected chi connectivity index (χ4v) is 5.71. The Morgan fingerprint density at radius 1 is 0.760 bits per heavy atom. The fraction of sp³-hybridized carbons (Fsp3) is 0.636. The van der Waals surface area contributed by atoms with Crippen molar-refractivity contribution in [2.24, 2.45) is 22.7 Å². The summed E-state index contributed by atoms with van der Waals surface area (Å²) in [6.07, 6.45) is 12.1. The number of allylic oxidation sites excluding steroid dienone is 4. The molecular weight excluding hydrogens is 328 g/mol. The molecular formula is C22H34O2S. The highest BCUT2D eigenvalue weighted by Crippen LogP contribution is 2.57. The number of rotatable bonds is 2. The maximum absolute atomic E-state index is 11.8. The molecule has 25 heavy (non-hydrogen) atoms. The van der Waals surface area contributed by atoms with Crippen LogP contribution in [0.3, 0.4) is 0 Å². The average Bonchev–Trinajstić information content (AvgIpc) is 2.42. The molecule has 4 atom stereocenters. The Bertz CT molecular complexity index is 586. The first-order valence-electron chi connectivity index (χ1n) is 9.16. The molecule has 0 bridgehead atoms. The summed E-state index contributed by atoms with van der Waals surface area (Å²) in [7, 11) is 0. The van der Waals surface area contributed by atoms with Gasteiger partial charge in [-0.3, -0.25) is 0 Å². The van der Waals surface area contributed by atoms with Gasteiger partial charge in [-0.05, 0) is 22.0 Å². The number of thioether (sulfide) groups is 1. The minimum absolute atomic E-state index is 0.0833. The Morgan fingerprint density at radius 2 is 1.08 bits per heavy atom. The van der Waals surface area contributed by atoms with E-state index in [4.69, 9.17) is 0 Å². The van der Waals surface area contributed by atoms with E-state index in [1.165, 1.54) is 11.8 Å². The van der Waals surface area contributed by atoms with Crippen LogP contribution < -0.4 is 0 Å². The molecule has 0 aromatic heterocycles. The van der Waals surface area contributed by atoms with Crippen LogP contribution in [-0.2, 0) is 0 Å². The molecule has 2 aliphatic carbocycles. The predicted octanol–water partition coefficient (Wildman–Crippen LogP) is 5.45. The van der Waals surface area contributed by atoms with Gasteiger partial charge in [0, 0.05) is 11.8 Å². The standard InChI is InChI=1S/C22H34O2S/c1-15-11-9-13-17(19(3,4)5)21(15,23)25-22(24)16(2)12-10-14-18(22)20(6,7)8/h9-16,23-24H,1-8H3. The molecule has 0 saturated heterocycles. The summed E-state index contributed by atoms with van der Waals surface area (Å²) in [5.74, 6) is -0.167. The smallest absolute Gasteiger partial charge is 0.141 e. The number of hydrogen-bond donors (Lipinski definition) is 2. The van der Waals surface area contributed by atoms with Gasteiger partial charge in [-0.2, -0.15) is 0 Å². The highest BCUT2D eigenvalue weighted by molar-refractivity contribution is 8.02. The average molecular weight is 363 g/mol. The van der Waals surface area contributed by atoms with Crippen molar-refractivity contribution in [1.29, 1.82) is 0 Å². The summed E-state index contributed by atoms with van der Waals surface area (Å²) in [6.45, 7) is 16.7. The third kappa shape index (κ3) is 3.70. The largest absolute Gasteiger partial charge is 0.375 e. The fourth-order valence-electron chi connectivity index (χ4n) is 3.73. The number of hydrogen-bond acceptors (Lipinski definition) is 3. The second kappa shape index (κ2) is 6.44. The van der Waals surface area contributed by atoms with Gasteiger partial charge in [0.25, 0.3) is 0 Å². The van der Waals surface area contributed by atoms with Gasteiger partial charge in [0.15, 0.2) is 0 Å². The van der Waals surface area contributed by atoms with Gasteiger partial charge >= 0.3 is 0 Å². The normalized spacial score (nSPS) is 36.2. The van der Waals surface area contributed by atoms with Crippen molar-refractivity contribution in [2.45, 2.75) is 65.3 Å². The third-order valence-electron chi connectivity index (χ3n) is 5.26. The van der Waals surface area contributed by atoms with E-state index in [-0.39, 0.29) is 22.7 Å². The Labute approximate surface area is 157 Å². The minimum Gasteiger partial charge on any atom is -0.375 e. The lowest BCUT2D eigenvalue weighted by Gasteiger charge is -2.50. The highest BCUT2D eigenvalue weighted by Gasteiger charge is 2.53. The first-order chi connectivity index (χ1) is 11.2. The van der Waals surface area contributed by atoms with Crippen LogP contribution in [0.15, 0.2) is 47.6 Å². The van der Waals surface area contributed by atoms with Crippen molar-refractivity contribution in [3.8, 4) is 0 Å². The Balaban J connectivity index is 2.54.